The second kappa shape index (κ2) is 4.96. The molecule has 4 nitrogen and oxygen atoms in total. The molecule has 1 aliphatic heterocycles. The summed E-state index contributed by atoms with van der Waals surface area (Å²) in [6, 6.07) is 0. The summed E-state index contributed by atoms with van der Waals surface area (Å²) < 4.78 is 0. The summed E-state index contributed by atoms with van der Waals surface area (Å²) in [5.41, 5.74) is 7.55. The number of hydrogen-bond donors (Lipinski definition) is 2. The van der Waals surface area contributed by atoms with E-state index >= 15 is 0 Å². The van der Waals surface area contributed by atoms with Crippen LogP contribution in [0.3, 0.4) is 0 Å². The van der Waals surface area contributed by atoms with Crippen molar-refractivity contribution in [1.82, 2.24) is 10.9 Å². The number of rotatable bonds is 3. The molecule has 82 valence electrons. The summed E-state index contributed by atoms with van der Waals surface area (Å²) in [5.74, 6) is 1.49. The first kappa shape index (κ1) is 10.2. The molecule has 1 atom stereocenters. The molecule has 0 saturated heterocycles. The molecule has 2 rings (SSSR count). The zero-order chi connectivity index (χ0) is 10.5. The van der Waals surface area contributed by atoms with Gasteiger partial charge < -0.3 is 0 Å². The third kappa shape index (κ3) is 2.58. The minimum absolute atomic E-state index is 0.510. The third-order valence-electron chi connectivity index (χ3n) is 2.95. The highest BCUT2D eigenvalue weighted by atomic mass is 15.5. The Balaban J connectivity index is 1.92. The first-order valence-electron chi connectivity index (χ1n) is 5.69. The maximum absolute atomic E-state index is 4.11. The fourth-order valence-corrected chi connectivity index (χ4v) is 2.12. The molecule has 2 N–H and O–H groups in total. The number of nitrogens with one attached hydrogen (secondary N) is 2. The monoisotopic (exact) mass is 206 g/mol. The Morgan fingerprint density at radius 1 is 1.53 bits per heavy atom. The van der Waals surface area contributed by atoms with E-state index in [9.17, 15) is 0 Å². The van der Waals surface area contributed by atoms with Crippen molar-refractivity contribution in [3.63, 3.8) is 0 Å². The molecule has 1 aliphatic carbocycles. The van der Waals surface area contributed by atoms with Crippen LogP contribution in [0.15, 0.2) is 21.9 Å². The van der Waals surface area contributed by atoms with E-state index in [1.807, 2.05) is 0 Å². The minimum Gasteiger partial charge on any atom is -0.288 e. The van der Waals surface area contributed by atoms with E-state index in [4.69, 9.17) is 0 Å². The van der Waals surface area contributed by atoms with Gasteiger partial charge >= 0.3 is 0 Å². The Bertz CT molecular complexity index is 304. The lowest BCUT2D eigenvalue weighted by molar-refractivity contribution is 0.558. The quantitative estimate of drug-likeness (QED) is 0.693. The van der Waals surface area contributed by atoms with Crippen LogP contribution >= 0.6 is 0 Å². The highest BCUT2D eigenvalue weighted by Gasteiger charge is 2.20. The van der Waals surface area contributed by atoms with Crippen LogP contribution in [0.2, 0.25) is 0 Å². The van der Waals surface area contributed by atoms with Crippen molar-refractivity contribution in [2.45, 2.75) is 39.0 Å². The molecule has 0 amide bonds. The van der Waals surface area contributed by atoms with Crippen LogP contribution < -0.4 is 10.9 Å². The van der Waals surface area contributed by atoms with Gasteiger partial charge in [-0.3, -0.25) is 10.9 Å². The van der Waals surface area contributed by atoms with Crippen molar-refractivity contribution in [3.05, 3.63) is 11.6 Å². The van der Waals surface area contributed by atoms with Gasteiger partial charge in [-0.25, -0.2) is 0 Å². The van der Waals surface area contributed by atoms with Gasteiger partial charge in [-0.2, -0.15) is 0 Å². The van der Waals surface area contributed by atoms with Gasteiger partial charge in [0.25, 0.3) is 0 Å². The van der Waals surface area contributed by atoms with E-state index in [0.717, 1.165) is 12.3 Å². The lowest BCUT2D eigenvalue weighted by Gasteiger charge is -2.24. The van der Waals surface area contributed by atoms with Gasteiger partial charge in [0.1, 0.15) is 12.2 Å². The Hall–Kier alpha value is -1.32. The number of hydrazine groups is 1. The minimum atomic E-state index is 0.510. The van der Waals surface area contributed by atoms with Crippen LogP contribution in [0.1, 0.15) is 39.0 Å². The molecular formula is C11H18N4. The zero-order valence-corrected chi connectivity index (χ0v) is 9.16. The highest BCUT2D eigenvalue weighted by Crippen LogP contribution is 2.26. The Morgan fingerprint density at radius 2 is 2.47 bits per heavy atom. The summed E-state index contributed by atoms with van der Waals surface area (Å²) in [7, 11) is 0. The normalized spacial score (nSPS) is 25.0. The molecule has 1 heterocycles. The molecule has 0 aromatic rings. The van der Waals surface area contributed by atoms with E-state index in [1.165, 1.54) is 25.7 Å². The number of nitrogens with zero attached hydrogens (tertiary/aromatic N) is 2. The maximum atomic E-state index is 4.11. The smallest absolute Gasteiger partial charge is 0.146 e. The molecule has 1 unspecified atom stereocenters. The Morgan fingerprint density at radius 3 is 3.07 bits per heavy atom. The summed E-state index contributed by atoms with van der Waals surface area (Å²) in [6.07, 6.45) is 9.94. The van der Waals surface area contributed by atoms with Gasteiger partial charge in [0.15, 0.2) is 0 Å². The van der Waals surface area contributed by atoms with E-state index < -0.39 is 0 Å². The lowest BCUT2D eigenvalue weighted by Crippen LogP contribution is -2.42. The third-order valence-corrected chi connectivity index (χ3v) is 2.95. The van der Waals surface area contributed by atoms with Gasteiger partial charge in [0, 0.05) is 5.92 Å². The number of hydrogen-bond acceptors (Lipinski definition) is 4. The van der Waals surface area contributed by atoms with E-state index in [-0.39, 0.29) is 0 Å². The van der Waals surface area contributed by atoms with Crippen molar-refractivity contribution >= 4 is 12.2 Å². The Kier molecular flexibility index (Phi) is 3.37. The summed E-state index contributed by atoms with van der Waals surface area (Å²) >= 11 is 0. The van der Waals surface area contributed by atoms with Gasteiger partial charge in [-0.1, -0.05) is 25.0 Å². The summed E-state index contributed by atoms with van der Waals surface area (Å²) in [5, 5.41) is 7.97. The SMILES string of the molecule is CCCC1=CCC(C2=NN=CNN2)CC1. The topological polar surface area (TPSA) is 48.8 Å². The molecule has 15 heavy (non-hydrogen) atoms. The van der Waals surface area contributed by atoms with E-state index in [1.54, 1.807) is 11.9 Å². The van der Waals surface area contributed by atoms with Crippen molar-refractivity contribution in [2.24, 2.45) is 16.1 Å². The number of amidine groups is 1. The summed E-state index contributed by atoms with van der Waals surface area (Å²) in [6.45, 7) is 2.23. The van der Waals surface area contributed by atoms with Crippen LogP contribution in [0, 0.1) is 5.92 Å². The van der Waals surface area contributed by atoms with Crippen molar-refractivity contribution < 1.29 is 0 Å². The van der Waals surface area contributed by atoms with Crippen LogP contribution in [0.25, 0.3) is 0 Å². The second-order valence-corrected chi connectivity index (χ2v) is 4.08. The van der Waals surface area contributed by atoms with Crippen molar-refractivity contribution in [3.8, 4) is 0 Å². The molecule has 4 heteroatoms. The molecule has 2 aliphatic rings. The molecule has 0 saturated carbocycles. The second-order valence-electron chi connectivity index (χ2n) is 4.08. The Labute approximate surface area is 90.5 Å². The van der Waals surface area contributed by atoms with Crippen LogP contribution in [-0.2, 0) is 0 Å². The first-order chi connectivity index (χ1) is 7.40. The molecule has 0 fully saturated rings. The number of allylic oxidation sites excluding steroid dienone is 2. The average Bonchev–Trinajstić information content (AvgIpc) is 2.32. The van der Waals surface area contributed by atoms with Crippen LogP contribution in [0.5, 0.6) is 0 Å². The first-order valence-corrected chi connectivity index (χ1v) is 5.69. The molecular weight excluding hydrogens is 188 g/mol. The predicted molar refractivity (Wildman–Crippen MR) is 62.5 cm³/mol. The van der Waals surface area contributed by atoms with E-state index in [0.29, 0.717) is 5.92 Å². The molecule has 0 aromatic heterocycles. The van der Waals surface area contributed by atoms with Gasteiger partial charge in [0.05, 0.1) is 0 Å². The molecule has 0 spiro atoms. The molecule has 0 radical (unpaired) electrons. The average molecular weight is 206 g/mol. The van der Waals surface area contributed by atoms with Gasteiger partial charge in [0.2, 0.25) is 0 Å². The fraction of sp³-hybridized carbons (Fsp3) is 0.636. The largest absolute Gasteiger partial charge is 0.288 e. The standard InChI is InChI=1S/C11H18N4/c1-2-3-9-4-6-10(7-5-9)11-14-12-8-13-15-11/h4,8,10H,2-3,5-7H2,1H3,(H,12,13)(H,14,15). The van der Waals surface area contributed by atoms with Gasteiger partial charge in [-0.05, 0) is 25.7 Å². The van der Waals surface area contributed by atoms with Crippen molar-refractivity contribution in [1.29, 1.82) is 0 Å². The van der Waals surface area contributed by atoms with Crippen LogP contribution in [-0.4, -0.2) is 12.2 Å². The maximum Gasteiger partial charge on any atom is 0.146 e. The fourth-order valence-electron chi connectivity index (χ4n) is 2.12. The lowest BCUT2D eigenvalue weighted by atomic mass is 9.87. The van der Waals surface area contributed by atoms with Crippen molar-refractivity contribution in [2.75, 3.05) is 0 Å². The van der Waals surface area contributed by atoms with Gasteiger partial charge in [-0.15, -0.1) is 10.2 Å². The highest BCUT2D eigenvalue weighted by molar-refractivity contribution is 5.87. The zero-order valence-electron chi connectivity index (χ0n) is 9.16. The van der Waals surface area contributed by atoms with E-state index in [2.05, 4.69) is 34.1 Å². The van der Waals surface area contributed by atoms with Crippen LogP contribution in [0.4, 0.5) is 0 Å². The molecule has 0 bridgehead atoms. The summed E-state index contributed by atoms with van der Waals surface area (Å²) in [4.78, 5) is 0. The predicted octanol–water partition coefficient (Wildman–Crippen LogP) is 1.96. The molecule has 0 aromatic carbocycles.